The molecule has 0 saturated carbocycles. The minimum absolute atomic E-state index is 0.0176. The Morgan fingerprint density at radius 2 is 1.81 bits per heavy atom. The highest BCUT2D eigenvalue weighted by Crippen LogP contribution is 2.39. The van der Waals surface area contributed by atoms with Crippen molar-refractivity contribution >= 4 is 15.9 Å². The monoisotopic (exact) mass is 363 g/mol. The minimum Gasteiger partial charge on any atom is -0.457 e. The number of ether oxygens (including phenoxy) is 1. The van der Waals surface area contributed by atoms with Crippen molar-refractivity contribution in [1.82, 2.24) is 0 Å². The van der Waals surface area contributed by atoms with E-state index in [1.807, 2.05) is 0 Å². The van der Waals surface area contributed by atoms with E-state index >= 15 is 0 Å². The van der Waals surface area contributed by atoms with Gasteiger partial charge < -0.3 is 10.5 Å². The molecule has 0 amide bonds. The van der Waals surface area contributed by atoms with E-state index in [9.17, 15) is 17.6 Å². The van der Waals surface area contributed by atoms with E-state index in [0.29, 0.717) is 5.56 Å². The van der Waals surface area contributed by atoms with Crippen LogP contribution in [0.2, 0.25) is 0 Å². The molecule has 0 fully saturated rings. The quantitative estimate of drug-likeness (QED) is 0.790. The molecule has 112 valence electrons. The van der Waals surface area contributed by atoms with Gasteiger partial charge in [0, 0.05) is 12.6 Å². The van der Waals surface area contributed by atoms with E-state index in [0.717, 1.165) is 12.1 Å². The first-order valence-corrected chi connectivity index (χ1v) is 6.63. The fraction of sp³-hybridized carbons (Fsp3) is 0.143. The molecule has 0 spiro atoms. The maximum absolute atomic E-state index is 13.4. The molecule has 0 radical (unpaired) electrons. The molecule has 2 aromatic rings. The maximum atomic E-state index is 13.4. The molecule has 0 atom stereocenters. The van der Waals surface area contributed by atoms with Crippen molar-refractivity contribution in [3.05, 3.63) is 57.8 Å². The minimum atomic E-state index is -4.59. The Balaban J connectivity index is 2.41. The Kier molecular flexibility index (Phi) is 4.53. The zero-order valence-corrected chi connectivity index (χ0v) is 12.1. The van der Waals surface area contributed by atoms with Crippen LogP contribution in [0, 0.1) is 5.82 Å². The zero-order valence-electron chi connectivity index (χ0n) is 10.5. The maximum Gasteiger partial charge on any atom is 0.419 e. The van der Waals surface area contributed by atoms with Gasteiger partial charge in [-0.2, -0.15) is 13.2 Å². The van der Waals surface area contributed by atoms with Crippen molar-refractivity contribution in [2.24, 2.45) is 5.73 Å². The van der Waals surface area contributed by atoms with Crippen LogP contribution in [0.3, 0.4) is 0 Å². The molecule has 0 saturated heterocycles. The van der Waals surface area contributed by atoms with E-state index in [2.05, 4.69) is 15.9 Å². The molecular formula is C14H10BrF4NO. The Morgan fingerprint density at radius 3 is 2.38 bits per heavy atom. The molecule has 0 aromatic heterocycles. The van der Waals surface area contributed by atoms with Crippen LogP contribution in [0.5, 0.6) is 11.5 Å². The van der Waals surface area contributed by atoms with Gasteiger partial charge >= 0.3 is 6.18 Å². The van der Waals surface area contributed by atoms with E-state index < -0.39 is 23.3 Å². The number of halogens is 5. The van der Waals surface area contributed by atoms with Gasteiger partial charge in [0.15, 0.2) is 0 Å². The summed E-state index contributed by atoms with van der Waals surface area (Å²) in [6.45, 7) is -0.0176. The first kappa shape index (κ1) is 15.8. The summed E-state index contributed by atoms with van der Waals surface area (Å²) in [6, 6.07) is 7.24. The van der Waals surface area contributed by atoms with Crippen LogP contribution in [0.25, 0.3) is 0 Å². The predicted octanol–water partition coefficient (Wildman–Crippen LogP) is 4.86. The van der Waals surface area contributed by atoms with Gasteiger partial charge in [0.25, 0.3) is 0 Å². The lowest BCUT2D eigenvalue weighted by Gasteiger charge is -2.15. The van der Waals surface area contributed by atoms with Crippen LogP contribution in [0.15, 0.2) is 40.9 Å². The van der Waals surface area contributed by atoms with Gasteiger partial charge in [0.05, 0.1) is 10.0 Å². The number of rotatable bonds is 3. The number of alkyl halides is 3. The van der Waals surface area contributed by atoms with E-state index in [4.69, 9.17) is 10.5 Å². The van der Waals surface area contributed by atoms with Gasteiger partial charge in [-0.25, -0.2) is 4.39 Å². The van der Waals surface area contributed by atoms with Crippen molar-refractivity contribution < 1.29 is 22.3 Å². The van der Waals surface area contributed by atoms with Gasteiger partial charge in [0.2, 0.25) is 0 Å². The highest BCUT2D eigenvalue weighted by Gasteiger charge is 2.34. The number of nitrogens with two attached hydrogens (primary N) is 1. The molecule has 7 heteroatoms. The first-order chi connectivity index (χ1) is 9.81. The summed E-state index contributed by atoms with van der Waals surface area (Å²) in [6.07, 6.45) is -4.59. The van der Waals surface area contributed by atoms with Crippen LogP contribution in [-0.2, 0) is 12.7 Å². The zero-order chi connectivity index (χ0) is 15.6. The van der Waals surface area contributed by atoms with Crippen molar-refractivity contribution in [3.63, 3.8) is 0 Å². The largest absolute Gasteiger partial charge is 0.457 e. The van der Waals surface area contributed by atoms with Gasteiger partial charge in [-0.15, -0.1) is 0 Å². The second kappa shape index (κ2) is 6.03. The lowest BCUT2D eigenvalue weighted by atomic mass is 10.1. The van der Waals surface area contributed by atoms with Crippen LogP contribution in [0.1, 0.15) is 11.1 Å². The molecule has 2 nitrogen and oxygen atoms in total. The third kappa shape index (κ3) is 3.74. The normalized spacial score (nSPS) is 11.5. The topological polar surface area (TPSA) is 35.2 Å². The molecule has 0 bridgehead atoms. The molecule has 21 heavy (non-hydrogen) atoms. The highest BCUT2D eigenvalue weighted by molar-refractivity contribution is 9.10. The second-order valence-corrected chi connectivity index (χ2v) is 5.06. The molecule has 2 N–H and O–H groups in total. The average Bonchev–Trinajstić information content (AvgIpc) is 2.42. The van der Waals surface area contributed by atoms with Crippen molar-refractivity contribution in [3.8, 4) is 11.5 Å². The van der Waals surface area contributed by atoms with Crippen molar-refractivity contribution in [1.29, 1.82) is 0 Å². The molecule has 0 aliphatic rings. The van der Waals surface area contributed by atoms with E-state index in [1.54, 1.807) is 0 Å². The summed E-state index contributed by atoms with van der Waals surface area (Å²) in [5.74, 6) is -1.05. The molecule has 0 aliphatic carbocycles. The Bertz CT molecular complexity index is 658. The smallest absolute Gasteiger partial charge is 0.419 e. The third-order valence-corrected chi connectivity index (χ3v) is 3.35. The van der Waals surface area contributed by atoms with Crippen molar-refractivity contribution in [2.45, 2.75) is 12.7 Å². The summed E-state index contributed by atoms with van der Waals surface area (Å²) in [5.41, 5.74) is 4.72. The number of benzene rings is 2. The first-order valence-electron chi connectivity index (χ1n) is 5.84. The van der Waals surface area contributed by atoms with E-state index in [1.165, 1.54) is 24.3 Å². The fourth-order valence-corrected chi connectivity index (χ4v) is 1.93. The van der Waals surface area contributed by atoms with Crippen molar-refractivity contribution in [2.75, 3.05) is 0 Å². The molecule has 0 aliphatic heterocycles. The van der Waals surface area contributed by atoms with E-state index in [-0.39, 0.29) is 16.8 Å². The summed E-state index contributed by atoms with van der Waals surface area (Å²) in [5, 5.41) is 0. The Hall–Kier alpha value is -1.60. The molecule has 0 unspecified atom stereocenters. The second-order valence-electron chi connectivity index (χ2n) is 4.21. The summed E-state index contributed by atoms with van der Waals surface area (Å²) >= 11 is 2.96. The lowest BCUT2D eigenvalue weighted by Crippen LogP contribution is -2.09. The third-order valence-electron chi connectivity index (χ3n) is 2.70. The highest BCUT2D eigenvalue weighted by atomic mass is 79.9. The van der Waals surface area contributed by atoms with Gasteiger partial charge in [-0.05, 0) is 45.8 Å². The molecule has 0 heterocycles. The summed E-state index contributed by atoms with van der Waals surface area (Å²) in [4.78, 5) is 0. The van der Waals surface area contributed by atoms with Crippen LogP contribution >= 0.6 is 15.9 Å². The predicted molar refractivity (Wildman–Crippen MR) is 73.5 cm³/mol. The van der Waals surface area contributed by atoms with Crippen LogP contribution in [0.4, 0.5) is 17.6 Å². The van der Waals surface area contributed by atoms with Crippen LogP contribution in [-0.4, -0.2) is 0 Å². The fourth-order valence-electron chi connectivity index (χ4n) is 1.68. The van der Waals surface area contributed by atoms with Gasteiger partial charge in [-0.3, -0.25) is 0 Å². The number of hydrogen-bond acceptors (Lipinski definition) is 2. The lowest BCUT2D eigenvalue weighted by molar-refractivity contribution is -0.138. The molecular weight excluding hydrogens is 354 g/mol. The summed E-state index contributed by atoms with van der Waals surface area (Å²) in [7, 11) is 0. The van der Waals surface area contributed by atoms with Crippen LogP contribution < -0.4 is 10.5 Å². The molecule has 2 rings (SSSR count). The number of hydrogen-bond donors (Lipinski definition) is 1. The Morgan fingerprint density at radius 1 is 1.10 bits per heavy atom. The van der Waals surface area contributed by atoms with Gasteiger partial charge in [-0.1, -0.05) is 6.07 Å². The van der Waals surface area contributed by atoms with Gasteiger partial charge in [0.1, 0.15) is 17.3 Å². The molecule has 2 aromatic carbocycles. The Labute approximate surface area is 126 Å². The SMILES string of the molecule is NCc1ccc(Oc2ccc(Br)c(F)c2)c(C(F)(F)F)c1. The summed E-state index contributed by atoms with van der Waals surface area (Å²) < 4.78 is 57.7. The average molecular weight is 364 g/mol. The standard InChI is InChI=1S/C14H10BrF4NO/c15-11-3-2-9(6-12(11)16)21-13-4-1-8(7-20)5-10(13)14(17,18)19/h1-6H,7,20H2.